The lowest BCUT2D eigenvalue weighted by molar-refractivity contribution is -0.122. The predicted molar refractivity (Wildman–Crippen MR) is 97.8 cm³/mol. The zero-order chi connectivity index (χ0) is 16.7. The molecule has 0 aliphatic rings. The third-order valence-corrected chi connectivity index (χ3v) is 4.66. The number of halogens is 1. The van der Waals surface area contributed by atoms with Gasteiger partial charge in [-0.05, 0) is 24.6 Å². The van der Waals surface area contributed by atoms with Gasteiger partial charge in [0.2, 0.25) is 5.91 Å². The van der Waals surface area contributed by atoms with Crippen LogP contribution < -0.4 is 5.32 Å². The van der Waals surface area contributed by atoms with Crippen LogP contribution in [0.3, 0.4) is 0 Å². The van der Waals surface area contributed by atoms with E-state index < -0.39 is 0 Å². The highest BCUT2D eigenvalue weighted by Gasteiger charge is 2.14. The number of carbonyl (C=O) groups excluding carboxylic acids is 1. The van der Waals surface area contributed by atoms with E-state index >= 15 is 0 Å². The third kappa shape index (κ3) is 5.82. The van der Waals surface area contributed by atoms with Crippen molar-refractivity contribution in [1.29, 1.82) is 0 Å². The van der Waals surface area contributed by atoms with Crippen molar-refractivity contribution in [2.45, 2.75) is 19.5 Å². The van der Waals surface area contributed by atoms with Crippen molar-refractivity contribution in [3.63, 3.8) is 0 Å². The van der Waals surface area contributed by atoms with Gasteiger partial charge in [0, 0.05) is 18.0 Å². The Balaban J connectivity index is 1.91. The molecule has 122 valence electrons. The fourth-order valence-corrected chi connectivity index (χ4v) is 3.47. The molecule has 1 heterocycles. The summed E-state index contributed by atoms with van der Waals surface area (Å²) in [6.45, 7) is 7.44. The first-order valence-electron chi connectivity index (χ1n) is 7.50. The van der Waals surface area contributed by atoms with Crippen LogP contribution in [0.25, 0.3) is 0 Å². The van der Waals surface area contributed by atoms with Crippen LogP contribution in [0, 0.1) is 0 Å². The average Bonchev–Trinajstić information content (AvgIpc) is 2.93. The van der Waals surface area contributed by atoms with Crippen molar-refractivity contribution in [3.05, 3.63) is 69.9 Å². The molecule has 0 bridgehead atoms. The molecule has 5 heteroatoms. The summed E-state index contributed by atoms with van der Waals surface area (Å²) in [5.74, 6) is 0.00542. The Morgan fingerprint density at radius 2 is 2.09 bits per heavy atom. The van der Waals surface area contributed by atoms with Gasteiger partial charge in [0.1, 0.15) is 0 Å². The fraction of sp³-hybridized carbons (Fsp3) is 0.278. The largest absolute Gasteiger partial charge is 0.348 e. The van der Waals surface area contributed by atoms with E-state index in [0.29, 0.717) is 19.6 Å². The molecule has 0 aliphatic carbocycles. The first kappa shape index (κ1) is 17.7. The number of nitrogens with one attached hydrogen (secondary N) is 1. The zero-order valence-electron chi connectivity index (χ0n) is 13.2. The number of hydrogen-bond acceptors (Lipinski definition) is 3. The predicted octanol–water partition coefficient (Wildman–Crippen LogP) is 4.27. The standard InChI is InChI=1S/C18H21ClN2OS/c1-3-11-21(12-16-9-10-17(19)23-16)13-18(22)20-14(2)15-7-5-4-6-8-15/h3-10,14H,1,11-13H2,2H3,(H,20,22)/t14-/m1/s1. The van der Waals surface area contributed by atoms with Gasteiger partial charge in [-0.3, -0.25) is 9.69 Å². The number of thiophene rings is 1. The van der Waals surface area contributed by atoms with Crippen LogP contribution >= 0.6 is 22.9 Å². The molecule has 0 fully saturated rings. The summed E-state index contributed by atoms with van der Waals surface area (Å²) in [5.41, 5.74) is 1.10. The van der Waals surface area contributed by atoms with E-state index in [1.54, 1.807) is 0 Å². The first-order chi connectivity index (χ1) is 11.1. The van der Waals surface area contributed by atoms with Crippen LogP contribution in [0.5, 0.6) is 0 Å². The molecular formula is C18H21ClN2OS. The van der Waals surface area contributed by atoms with Gasteiger partial charge >= 0.3 is 0 Å². The van der Waals surface area contributed by atoms with E-state index in [4.69, 9.17) is 11.6 Å². The van der Waals surface area contributed by atoms with E-state index in [0.717, 1.165) is 14.8 Å². The lowest BCUT2D eigenvalue weighted by Crippen LogP contribution is -2.38. The maximum absolute atomic E-state index is 12.3. The first-order valence-corrected chi connectivity index (χ1v) is 8.69. The number of rotatable bonds is 8. The molecule has 0 spiro atoms. The number of nitrogens with zero attached hydrogens (tertiary/aromatic N) is 1. The second-order valence-electron chi connectivity index (χ2n) is 5.36. The SMILES string of the molecule is C=CCN(CC(=O)N[C@H](C)c1ccccc1)Cc1ccc(Cl)s1. The van der Waals surface area contributed by atoms with Gasteiger partial charge in [0.05, 0.1) is 16.9 Å². The molecule has 0 saturated carbocycles. The normalized spacial score (nSPS) is 12.1. The van der Waals surface area contributed by atoms with E-state index in [1.807, 2.05) is 60.4 Å². The molecule has 3 nitrogen and oxygen atoms in total. The molecule has 23 heavy (non-hydrogen) atoms. The van der Waals surface area contributed by atoms with Crippen LogP contribution in [0.15, 0.2) is 55.1 Å². The maximum Gasteiger partial charge on any atom is 0.234 e. The number of carbonyl (C=O) groups is 1. The zero-order valence-corrected chi connectivity index (χ0v) is 14.7. The smallest absolute Gasteiger partial charge is 0.234 e. The molecule has 0 radical (unpaired) electrons. The fourth-order valence-electron chi connectivity index (χ4n) is 2.34. The summed E-state index contributed by atoms with van der Waals surface area (Å²) >= 11 is 7.50. The monoisotopic (exact) mass is 348 g/mol. The van der Waals surface area contributed by atoms with Crippen molar-refractivity contribution in [3.8, 4) is 0 Å². The summed E-state index contributed by atoms with van der Waals surface area (Å²) in [4.78, 5) is 15.5. The molecule has 0 unspecified atom stereocenters. The van der Waals surface area contributed by atoms with E-state index in [9.17, 15) is 4.79 Å². The molecule has 0 saturated heterocycles. The summed E-state index contributed by atoms with van der Waals surface area (Å²) < 4.78 is 0.765. The highest BCUT2D eigenvalue weighted by Crippen LogP contribution is 2.22. The molecule has 1 aromatic carbocycles. The maximum atomic E-state index is 12.3. The summed E-state index contributed by atoms with van der Waals surface area (Å²) in [5, 5.41) is 3.04. The van der Waals surface area contributed by atoms with Crippen LogP contribution in [-0.4, -0.2) is 23.9 Å². The Bertz CT molecular complexity index is 641. The minimum absolute atomic E-state index is 0.00542. The highest BCUT2D eigenvalue weighted by molar-refractivity contribution is 7.16. The quantitative estimate of drug-likeness (QED) is 0.723. The van der Waals surface area contributed by atoms with Gasteiger partial charge < -0.3 is 5.32 Å². The van der Waals surface area contributed by atoms with Gasteiger partial charge in [-0.25, -0.2) is 0 Å². The van der Waals surface area contributed by atoms with E-state index in [-0.39, 0.29) is 11.9 Å². The Morgan fingerprint density at radius 1 is 1.35 bits per heavy atom. The number of benzene rings is 1. The minimum atomic E-state index is -0.00883. The van der Waals surface area contributed by atoms with Crippen LogP contribution in [0.1, 0.15) is 23.4 Å². The Labute approximate surface area is 146 Å². The highest BCUT2D eigenvalue weighted by atomic mass is 35.5. The second kappa shape index (κ2) is 8.87. The summed E-state index contributed by atoms with van der Waals surface area (Å²) in [7, 11) is 0. The van der Waals surface area contributed by atoms with Crippen molar-refractivity contribution in [2.75, 3.05) is 13.1 Å². The van der Waals surface area contributed by atoms with Crippen LogP contribution in [0.2, 0.25) is 4.34 Å². The lowest BCUT2D eigenvalue weighted by atomic mass is 10.1. The van der Waals surface area contributed by atoms with Gasteiger partial charge in [0.15, 0.2) is 0 Å². The Hall–Kier alpha value is -1.62. The van der Waals surface area contributed by atoms with Crippen molar-refractivity contribution in [1.82, 2.24) is 10.2 Å². The Kier molecular flexibility index (Phi) is 6.84. The molecule has 1 N–H and O–H groups in total. The number of amides is 1. The van der Waals surface area contributed by atoms with Crippen molar-refractivity contribution < 1.29 is 4.79 Å². The molecule has 2 rings (SSSR count). The van der Waals surface area contributed by atoms with E-state index in [1.165, 1.54) is 11.3 Å². The van der Waals surface area contributed by atoms with Gasteiger partial charge in [0.25, 0.3) is 0 Å². The van der Waals surface area contributed by atoms with Crippen molar-refractivity contribution in [2.24, 2.45) is 0 Å². The lowest BCUT2D eigenvalue weighted by Gasteiger charge is -2.21. The molecule has 1 atom stereocenters. The number of hydrogen-bond donors (Lipinski definition) is 1. The molecule has 1 aromatic heterocycles. The Morgan fingerprint density at radius 3 is 2.70 bits per heavy atom. The van der Waals surface area contributed by atoms with Crippen LogP contribution in [-0.2, 0) is 11.3 Å². The average molecular weight is 349 g/mol. The van der Waals surface area contributed by atoms with Crippen molar-refractivity contribution >= 4 is 28.8 Å². The molecular weight excluding hydrogens is 328 g/mol. The van der Waals surface area contributed by atoms with Gasteiger partial charge in [-0.2, -0.15) is 0 Å². The molecule has 0 aliphatic heterocycles. The molecule has 1 amide bonds. The van der Waals surface area contributed by atoms with Gasteiger partial charge in [-0.15, -0.1) is 17.9 Å². The van der Waals surface area contributed by atoms with E-state index in [2.05, 4.69) is 11.9 Å². The third-order valence-electron chi connectivity index (χ3n) is 3.44. The summed E-state index contributed by atoms with van der Waals surface area (Å²) in [6.07, 6.45) is 1.81. The minimum Gasteiger partial charge on any atom is -0.348 e. The molecule has 2 aromatic rings. The van der Waals surface area contributed by atoms with Gasteiger partial charge in [-0.1, -0.05) is 48.0 Å². The second-order valence-corrected chi connectivity index (χ2v) is 7.16. The summed E-state index contributed by atoms with van der Waals surface area (Å²) in [6, 6.07) is 13.8. The topological polar surface area (TPSA) is 32.3 Å². The van der Waals surface area contributed by atoms with Crippen LogP contribution in [0.4, 0.5) is 0 Å².